The molecule has 0 aliphatic carbocycles. The lowest BCUT2D eigenvalue weighted by Crippen LogP contribution is -2.32. The standard InChI is InChI=1S/C15H18F2N2O2S/c1-10(20)19-7-6-11(9-19)8-18-14(21)12-2-4-13(5-3-12)22-15(16)17/h2-5,11,15H,6-9H2,1H3,(H,18,21)/t11-/m1/s1. The Hall–Kier alpha value is -1.63. The van der Waals surface area contributed by atoms with Crippen LogP contribution in [-0.2, 0) is 4.79 Å². The van der Waals surface area contributed by atoms with Crippen molar-refractivity contribution in [3.05, 3.63) is 29.8 Å². The number of nitrogens with zero attached hydrogens (tertiary/aromatic N) is 1. The average Bonchev–Trinajstić information content (AvgIpc) is 2.94. The lowest BCUT2D eigenvalue weighted by molar-refractivity contribution is -0.127. The second-order valence-corrected chi connectivity index (χ2v) is 6.30. The third kappa shape index (κ3) is 4.69. The van der Waals surface area contributed by atoms with Gasteiger partial charge in [-0.3, -0.25) is 9.59 Å². The summed E-state index contributed by atoms with van der Waals surface area (Å²) in [7, 11) is 0. The second kappa shape index (κ2) is 7.58. The van der Waals surface area contributed by atoms with Gasteiger partial charge in [0.2, 0.25) is 5.91 Å². The Morgan fingerprint density at radius 2 is 2.05 bits per heavy atom. The molecule has 1 aliphatic heterocycles. The molecule has 1 saturated heterocycles. The molecule has 2 amide bonds. The molecule has 1 aliphatic rings. The lowest BCUT2D eigenvalue weighted by atomic mass is 10.1. The van der Waals surface area contributed by atoms with E-state index in [1.807, 2.05) is 0 Å². The fraction of sp³-hybridized carbons (Fsp3) is 0.467. The summed E-state index contributed by atoms with van der Waals surface area (Å²) in [5, 5.41) is 2.83. The first-order valence-corrected chi connectivity index (χ1v) is 7.92. The fourth-order valence-electron chi connectivity index (χ4n) is 2.41. The highest BCUT2D eigenvalue weighted by Crippen LogP contribution is 2.25. The van der Waals surface area contributed by atoms with E-state index in [4.69, 9.17) is 0 Å². The third-order valence-corrected chi connectivity index (χ3v) is 4.35. The van der Waals surface area contributed by atoms with Crippen molar-refractivity contribution in [2.75, 3.05) is 19.6 Å². The van der Waals surface area contributed by atoms with Gasteiger partial charge >= 0.3 is 0 Å². The summed E-state index contributed by atoms with van der Waals surface area (Å²) in [4.78, 5) is 25.4. The molecule has 1 aromatic rings. The van der Waals surface area contributed by atoms with Crippen molar-refractivity contribution in [2.24, 2.45) is 5.92 Å². The van der Waals surface area contributed by atoms with E-state index in [1.165, 1.54) is 24.3 Å². The number of hydrogen-bond acceptors (Lipinski definition) is 3. The molecule has 1 fully saturated rings. The molecule has 0 spiro atoms. The van der Waals surface area contributed by atoms with Gasteiger partial charge in [0, 0.05) is 37.0 Å². The van der Waals surface area contributed by atoms with Gasteiger partial charge in [-0.05, 0) is 36.6 Å². The van der Waals surface area contributed by atoms with Gasteiger partial charge in [0.05, 0.1) is 0 Å². The predicted octanol–water partition coefficient (Wildman–Crippen LogP) is 2.60. The molecule has 120 valence electrons. The zero-order chi connectivity index (χ0) is 16.1. The van der Waals surface area contributed by atoms with E-state index in [9.17, 15) is 18.4 Å². The van der Waals surface area contributed by atoms with Crippen molar-refractivity contribution < 1.29 is 18.4 Å². The van der Waals surface area contributed by atoms with Crippen LogP contribution in [0.3, 0.4) is 0 Å². The maximum Gasteiger partial charge on any atom is 0.288 e. The van der Waals surface area contributed by atoms with E-state index >= 15 is 0 Å². The first-order chi connectivity index (χ1) is 10.5. The largest absolute Gasteiger partial charge is 0.352 e. The van der Waals surface area contributed by atoms with Crippen LogP contribution in [-0.4, -0.2) is 42.1 Å². The minimum Gasteiger partial charge on any atom is -0.352 e. The molecular weight excluding hydrogens is 310 g/mol. The quantitative estimate of drug-likeness (QED) is 0.845. The summed E-state index contributed by atoms with van der Waals surface area (Å²) in [6.07, 6.45) is 0.879. The Bertz CT molecular complexity index is 537. The zero-order valence-corrected chi connectivity index (χ0v) is 13.0. The Morgan fingerprint density at radius 3 is 2.59 bits per heavy atom. The number of thioether (sulfide) groups is 1. The number of likely N-dealkylation sites (tertiary alicyclic amines) is 1. The summed E-state index contributed by atoms with van der Waals surface area (Å²) in [5.41, 5.74) is 0.444. The van der Waals surface area contributed by atoms with Crippen molar-refractivity contribution >= 4 is 23.6 Å². The first kappa shape index (κ1) is 16.7. The Morgan fingerprint density at radius 1 is 1.36 bits per heavy atom. The van der Waals surface area contributed by atoms with Crippen molar-refractivity contribution in [3.8, 4) is 0 Å². The van der Waals surface area contributed by atoms with E-state index in [0.29, 0.717) is 35.3 Å². The zero-order valence-electron chi connectivity index (χ0n) is 12.2. The highest BCUT2D eigenvalue weighted by molar-refractivity contribution is 7.99. The van der Waals surface area contributed by atoms with Crippen LogP contribution in [0.4, 0.5) is 8.78 Å². The number of hydrogen-bond donors (Lipinski definition) is 1. The summed E-state index contributed by atoms with van der Waals surface area (Å²) in [5.74, 6) is -2.37. The topological polar surface area (TPSA) is 49.4 Å². The van der Waals surface area contributed by atoms with E-state index in [2.05, 4.69) is 5.32 Å². The number of amides is 2. The SMILES string of the molecule is CC(=O)N1CC[C@H](CNC(=O)c2ccc(SC(F)F)cc2)C1. The number of nitrogens with one attached hydrogen (secondary N) is 1. The van der Waals surface area contributed by atoms with Crippen LogP contribution in [0.2, 0.25) is 0 Å². The van der Waals surface area contributed by atoms with Gasteiger partial charge in [0.15, 0.2) is 0 Å². The van der Waals surface area contributed by atoms with Gasteiger partial charge in [0.1, 0.15) is 0 Å². The van der Waals surface area contributed by atoms with Crippen molar-refractivity contribution in [3.63, 3.8) is 0 Å². The Kier molecular flexibility index (Phi) is 5.76. The molecule has 1 N–H and O–H groups in total. The van der Waals surface area contributed by atoms with Crippen molar-refractivity contribution in [1.82, 2.24) is 10.2 Å². The fourth-order valence-corrected chi connectivity index (χ4v) is 2.91. The monoisotopic (exact) mass is 328 g/mol. The number of benzene rings is 1. The lowest BCUT2D eigenvalue weighted by Gasteiger charge is -2.14. The smallest absolute Gasteiger partial charge is 0.288 e. The minimum absolute atomic E-state index is 0.0564. The third-order valence-electron chi connectivity index (χ3n) is 3.62. The molecule has 4 nitrogen and oxygen atoms in total. The Balaban J connectivity index is 1.81. The van der Waals surface area contributed by atoms with Gasteiger partial charge in [-0.2, -0.15) is 8.78 Å². The molecule has 2 rings (SSSR count). The highest BCUT2D eigenvalue weighted by Gasteiger charge is 2.24. The average molecular weight is 328 g/mol. The van der Waals surface area contributed by atoms with Gasteiger partial charge in [-0.1, -0.05) is 11.8 Å². The Labute approximate surface area is 132 Å². The first-order valence-electron chi connectivity index (χ1n) is 7.04. The molecule has 1 aromatic carbocycles. The van der Waals surface area contributed by atoms with E-state index < -0.39 is 5.76 Å². The molecule has 0 bridgehead atoms. The van der Waals surface area contributed by atoms with Crippen molar-refractivity contribution in [1.29, 1.82) is 0 Å². The number of rotatable bonds is 5. The predicted molar refractivity (Wildman–Crippen MR) is 81.0 cm³/mol. The van der Waals surface area contributed by atoms with E-state index in [1.54, 1.807) is 11.8 Å². The van der Waals surface area contributed by atoms with Gasteiger partial charge in [0.25, 0.3) is 11.7 Å². The maximum atomic E-state index is 12.2. The van der Waals surface area contributed by atoms with Crippen LogP contribution in [0, 0.1) is 5.92 Å². The summed E-state index contributed by atoms with van der Waals surface area (Å²) in [6.45, 7) is 3.45. The molecule has 0 unspecified atom stereocenters. The molecule has 1 heterocycles. The van der Waals surface area contributed by atoms with Crippen LogP contribution in [0.1, 0.15) is 23.7 Å². The van der Waals surface area contributed by atoms with Crippen LogP contribution >= 0.6 is 11.8 Å². The maximum absolute atomic E-state index is 12.2. The molecule has 0 radical (unpaired) electrons. The normalized spacial score (nSPS) is 17.8. The molecule has 7 heteroatoms. The van der Waals surface area contributed by atoms with Gasteiger partial charge < -0.3 is 10.2 Å². The second-order valence-electron chi connectivity index (χ2n) is 5.23. The molecule has 1 atom stereocenters. The van der Waals surface area contributed by atoms with Gasteiger partial charge in [-0.15, -0.1) is 0 Å². The number of carbonyl (C=O) groups excluding carboxylic acids is 2. The summed E-state index contributed by atoms with van der Waals surface area (Å²) < 4.78 is 24.4. The number of alkyl halides is 2. The highest BCUT2D eigenvalue weighted by atomic mass is 32.2. The van der Waals surface area contributed by atoms with Crippen LogP contribution < -0.4 is 5.32 Å². The molecule has 0 saturated carbocycles. The van der Waals surface area contributed by atoms with Crippen LogP contribution in [0.15, 0.2) is 29.2 Å². The summed E-state index contributed by atoms with van der Waals surface area (Å²) >= 11 is 0.453. The van der Waals surface area contributed by atoms with Crippen LogP contribution in [0.25, 0.3) is 0 Å². The molecular formula is C15H18F2N2O2S. The van der Waals surface area contributed by atoms with Gasteiger partial charge in [-0.25, -0.2) is 0 Å². The van der Waals surface area contributed by atoms with Crippen molar-refractivity contribution in [2.45, 2.75) is 24.0 Å². The summed E-state index contributed by atoms with van der Waals surface area (Å²) in [6, 6.07) is 6.10. The number of carbonyl (C=O) groups is 2. The minimum atomic E-state index is -2.47. The molecule has 22 heavy (non-hydrogen) atoms. The number of halogens is 2. The molecule has 0 aromatic heterocycles. The van der Waals surface area contributed by atoms with E-state index in [0.717, 1.165) is 13.0 Å². The van der Waals surface area contributed by atoms with E-state index in [-0.39, 0.29) is 17.7 Å². The van der Waals surface area contributed by atoms with Crippen LogP contribution in [0.5, 0.6) is 0 Å².